The first kappa shape index (κ1) is 20.7. The van der Waals surface area contributed by atoms with Gasteiger partial charge in [0.25, 0.3) is 11.8 Å². The largest absolute Gasteiger partial charge is 0.452 e. The van der Waals surface area contributed by atoms with Gasteiger partial charge in [-0.15, -0.1) is 0 Å². The molecular weight excluding hydrogens is 394 g/mol. The predicted molar refractivity (Wildman–Crippen MR) is 106 cm³/mol. The van der Waals surface area contributed by atoms with E-state index in [4.69, 9.17) is 4.74 Å². The normalized spacial score (nSPS) is 10.2. The van der Waals surface area contributed by atoms with E-state index in [9.17, 15) is 23.2 Å². The Morgan fingerprint density at radius 3 is 2.10 bits per heavy atom. The number of hydrogen-bond acceptors (Lipinski definition) is 4. The van der Waals surface area contributed by atoms with Gasteiger partial charge < -0.3 is 15.4 Å². The summed E-state index contributed by atoms with van der Waals surface area (Å²) in [5.74, 6) is -4.14. The summed E-state index contributed by atoms with van der Waals surface area (Å²) in [6.45, 7) is -0.770. The zero-order chi connectivity index (χ0) is 21.5. The molecule has 0 unspecified atom stereocenters. The molecule has 0 bridgehead atoms. The molecule has 3 aromatic rings. The number of ether oxygens (including phenoxy) is 1. The van der Waals surface area contributed by atoms with Crippen LogP contribution in [0.1, 0.15) is 20.7 Å². The average Bonchev–Trinajstić information content (AvgIpc) is 2.75. The van der Waals surface area contributed by atoms with Crippen molar-refractivity contribution in [1.29, 1.82) is 0 Å². The van der Waals surface area contributed by atoms with Gasteiger partial charge in [0, 0.05) is 5.56 Å². The van der Waals surface area contributed by atoms with Crippen LogP contribution >= 0.6 is 0 Å². The molecule has 0 aliphatic carbocycles. The molecule has 0 atom stereocenters. The van der Waals surface area contributed by atoms with Crippen LogP contribution in [0.4, 0.5) is 20.2 Å². The van der Waals surface area contributed by atoms with E-state index in [1.54, 1.807) is 42.5 Å². The minimum Gasteiger partial charge on any atom is -0.452 e. The van der Waals surface area contributed by atoms with Gasteiger partial charge in [0.15, 0.2) is 6.61 Å². The van der Waals surface area contributed by atoms with Crippen LogP contribution in [0.15, 0.2) is 72.8 Å². The van der Waals surface area contributed by atoms with Gasteiger partial charge in [-0.1, -0.05) is 36.4 Å². The van der Waals surface area contributed by atoms with Crippen molar-refractivity contribution in [3.05, 3.63) is 95.6 Å². The Kier molecular flexibility index (Phi) is 6.49. The Bertz CT molecular complexity index is 1070. The Hall–Kier alpha value is -4.07. The van der Waals surface area contributed by atoms with Crippen LogP contribution in [0, 0.1) is 11.6 Å². The predicted octanol–water partition coefficient (Wildman–Crippen LogP) is 4.01. The van der Waals surface area contributed by atoms with Crippen LogP contribution in [0.3, 0.4) is 0 Å². The number of hydrogen-bond donors (Lipinski definition) is 2. The highest BCUT2D eigenvalue weighted by atomic mass is 19.1. The maximum Gasteiger partial charge on any atom is 0.340 e. The van der Waals surface area contributed by atoms with E-state index in [2.05, 4.69) is 5.32 Å². The van der Waals surface area contributed by atoms with E-state index in [1.807, 2.05) is 5.32 Å². The second kappa shape index (κ2) is 9.42. The fourth-order valence-corrected chi connectivity index (χ4v) is 2.56. The fourth-order valence-electron chi connectivity index (χ4n) is 2.56. The summed E-state index contributed by atoms with van der Waals surface area (Å²) in [6.07, 6.45) is 0. The van der Waals surface area contributed by atoms with Crippen molar-refractivity contribution in [2.45, 2.75) is 0 Å². The molecular formula is C22H16F2N2O4. The molecule has 30 heavy (non-hydrogen) atoms. The number of esters is 1. The number of para-hydroxylation sites is 2. The third kappa shape index (κ3) is 5.05. The van der Waals surface area contributed by atoms with Gasteiger partial charge in [-0.3, -0.25) is 9.59 Å². The number of rotatable bonds is 6. The first-order valence-corrected chi connectivity index (χ1v) is 8.82. The number of amides is 2. The van der Waals surface area contributed by atoms with Gasteiger partial charge in [0.05, 0.1) is 11.3 Å². The minimum absolute atomic E-state index is 0.0200. The molecule has 0 aliphatic heterocycles. The summed E-state index contributed by atoms with van der Waals surface area (Å²) >= 11 is 0. The van der Waals surface area contributed by atoms with Crippen molar-refractivity contribution < 1.29 is 27.9 Å². The van der Waals surface area contributed by atoms with Gasteiger partial charge in [0.1, 0.15) is 17.3 Å². The monoisotopic (exact) mass is 410 g/mol. The second-order valence-corrected chi connectivity index (χ2v) is 6.09. The lowest BCUT2D eigenvalue weighted by Gasteiger charge is -2.11. The summed E-state index contributed by atoms with van der Waals surface area (Å²) < 4.78 is 32.1. The van der Waals surface area contributed by atoms with Crippen molar-refractivity contribution in [1.82, 2.24) is 0 Å². The average molecular weight is 410 g/mol. The Morgan fingerprint density at radius 2 is 1.40 bits per heavy atom. The number of nitrogens with one attached hydrogen (secondary N) is 2. The maximum atomic E-state index is 13.6. The van der Waals surface area contributed by atoms with Crippen LogP contribution in [0.25, 0.3) is 0 Å². The highest BCUT2D eigenvalue weighted by Crippen LogP contribution is 2.19. The van der Waals surface area contributed by atoms with E-state index < -0.39 is 41.7 Å². The fraction of sp³-hybridized carbons (Fsp3) is 0.0455. The molecule has 0 spiro atoms. The zero-order valence-corrected chi connectivity index (χ0v) is 15.5. The van der Waals surface area contributed by atoms with Crippen LogP contribution in [0.5, 0.6) is 0 Å². The number of halogens is 2. The number of anilines is 2. The zero-order valence-electron chi connectivity index (χ0n) is 15.5. The Morgan fingerprint density at radius 1 is 0.767 bits per heavy atom. The molecule has 2 amide bonds. The molecule has 0 saturated heterocycles. The van der Waals surface area contributed by atoms with Gasteiger partial charge in [0.2, 0.25) is 0 Å². The SMILES string of the molecule is O=C(COC(=O)c1ccccc1NC(=O)c1ccccc1)Nc1c(F)cccc1F. The van der Waals surface area contributed by atoms with E-state index in [-0.39, 0.29) is 11.3 Å². The smallest absolute Gasteiger partial charge is 0.340 e. The Balaban J connectivity index is 1.64. The van der Waals surface area contributed by atoms with Crippen LogP contribution < -0.4 is 10.6 Å². The molecule has 0 aromatic heterocycles. The van der Waals surface area contributed by atoms with Crippen LogP contribution in [0.2, 0.25) is 0 Å². The standard InChI is InChI=1S/C22H16F2N2O4/c23-16-10-6-11-17(24)20(16)26-19(27)13-30-22(29)15-9-4-5-12-18(15)25-21(28)14-7-2-1-3-8-14/h1-12H,13H2,(H,25,28)(H,26,27). The molecule has 0 radical (unpaired) electrons. The van der Waals surface area contributed by atoms with Gasteiger partial charge in [-0.2, -0.15) is 0 Å². The van der Waals surface area contributed by atoms with Crippen molar-refractivity contribution in [2.24, 2.45) is 0 Å². The summed E-state index contributed by atoms with van der Waals surface area (Å²) in [5, 5.41) is 4.63. The lowest BCUT2D eigenvalue weighted by Crippen LogP contribution is -2.23. The first-order chi connectivity index (χ1) is 14.5. The summed E-state index contributed by atoms with van der Waals surface area (Å²) in [5.41, 5.74) is -0.0235. The summed E-state index contributed by atoms with van der Waals surface area (Å²) in [6, 6.07) is 17.6. The first-order valence-electron chi connectivity index (χ1n) is 8.82. The number of carbonyl (C=O) groups is 3. The molecule has 0 fully saturated rings. The lowest BCUT2D eigenvalue weighted by atomic mass is 10.1. The molecule has 8 heteroatoms. The number of carbonyl (C=O) groups excluding carboxylic acids is 3. The van der Waals surface area contributed by atoms with Crippen molar-refractivity contribution in [3.8, 4) is 0 Å². The van der Waals surface area contributed by atoms with E-state index in [1.165, 1.54) is 12.1 Å². The minimum atomic E-state index is -0.955. The third-order valence-corrected chi connectivity index (χ3v) is 3.99. The lowest BCUT2D eigenvalue weighted by molar-refractivity contribution is -0.119. The molecule has 2 N–H and O–H groups in total. The van der Waals surface area contributed by atoms with Gasteiger partial charge in [-0.05, 0) is 36.4 Å². The Labute approximate surface area is 170 Å². The van der Waals surface area contributed by atoms with Crippen LogP contribution in [-0.4, -0.2) is 24.4 Å². The quantitative estimate of drug-likeness (QED) is 0.602. The molecule has 0 heterocycles. The van der Waals surface area contributed by atoms with Crippen molar-refractivity contribution in [2.75, 3.05) is 17.2 Å². The van der Waals surface area contributed by atoms with Gasteiger partial charge in [-0.25, -0.2) is 13.6 Å². The summed E-state index contributed by atoms with van der Waals surface area (Å²) in [4.78, 5) is 36.6. The molecule has 0 aliphatic rings. The van der Waals surface area contributed by atoms with Crippen molar-refractivity contribution in [3.63, 3.8) is 0 Å². The number of benzene rings is 3. The van der Waals surface area contributed by atoms with E-state index in [0.29, 0.717) is 5.56 Å². The topological polar surface area (TPSA) is 84.5 Å². The maximum absolute atomic E-state index is 13.6. The van der Waals surface area contributed by atoms with Crippen molar-refractivity contribution >= 4 is 29.2 Å². The van der Waals surface area contributed by atoms with E-state index >= 15 is 0 Å². The van der Waals surface area contributed by atoms with E-state index in [0.717, 1.165) is 18.2 Å². The highest BCUT2D eigenvalue weighted by molar-refractivity contribution is 6.08. The molecule has 3 rings (SSSR count). The third-order valence-electron chi connectivity index (χ3n) is 3.99. The summed E-state index contributed by atoms with van der Waals surface area (Å²) in [7, 11) is 0. The highest BCUT2D eigenvalue weighted by Gasteiger charge is 2.18. The van der Waals surface area contributed by atoms with Crippen LogP contribution in [-0.2, 0) is 9.53 Å². The second-order valence-electron chi connectivity index (χ2n) is 6.09. The molecule has 0 saturated carbocycles. The van der Waals surface area contributed by atoms with Gasteiger partial charge >= 0.3 is 5.97 Å². The molecule has 152 valence electrons. The molecule has 6 nitrogen and oxygen atoms in total. The molecule has 3 aromatic carbocycles.